The average molecular weight is 342 g/mol. The van der Waals surface area contributed by atoms with Crippen molar-refractivity contribution in [3.63, 3.8) is 0 Å². The van der Waals surface area contributed by atoms with Crippen LogP contribution in [0.4, 0.5) is 5.69 Å². The van der Waals surface area contributed by atoms with E-state index in [1.165, 1.54) is 24.4 Å². The molecule has 5 nitrogen and oxygen atoms in total. The van der Waals surface area contributed by atoms with E-state index >= 15 is 0 Å². The SMILES string of the molecule is N#C/C(=C/Nc1cc(Cl)ccc1O)C(=O)NCCc1ccccc1. The Balaban J connectivity index is 1.93. The first kappa shape index (κ1) is 17.4. The molecule has 0 heterocycles. The van der Waals surface area contributed by atoms with Crippen molar-refractivity contribution in [2.24, 2.45) is 0 Å². The molecule has 0 aliphatic rings. The number of hydrogen-bond acceptors (Lipinski definition) is 4. The van der Waals surface area contributed by atoms with Gasteiger partial charge in [0.25, 0.3) is 5.91 Å². The van der Waals surface area contributed by atoms with Gasteiger partial charge in [-0.1, -0.05) is 41.9 Å². The molecule has 0 aliphatic carbocycles. The standard InChI is InChI=1S/C18H16ClN3O2/c19-15-6-7-17(23)16(10-15)22-12-14(11-20)18(24)21-9-8-13-4-2-1-3-5-13/h1-7,10,12,22-23H,8-9H2,(H,21,24)/b14-12-. The van der Waals surface area contributed by atoms with E-state index in [4.69, 9.17) is 16.9 Å². The lowest BCUT2D eigenvalue weighted by molar-refractivity contribution is -0.117. The number of anilines is 1. The Morgan fingerprint density at radius 1 is 1.25 bits per heavy atom. The zero-order chi connectivity index (χ0) is 17.4. The highest BCUT2D eigenvalue weighted by molar-refractivity contribution is 6.30. The molecule has 1 amide bonds. The second-order valence-electron chi connectivity index (χ2n) is 4.97. The molecule has 0 bridgehead atoms. The van der Waals surface area contributed by atoms with E-state index in [0.29, 0.717) is 23.7 Å². The van der Waals surface area contributed by atoms with E-state index in [1.54, 1.807) is 0 Å². The number of nitriles is 1. The van der Waals surface area contributed by atoms with Gasteiger partial charge in [-0.15, -0.1) is 0 Å². The van der Waals surface area contributed by atoms with Gasteiger partial charge in [0, 0.05) is 17.8 Å². The number of benzene rings is 2. The van der Waals surface area contributed by atoms with E-state index in [2.05, 4.69) is 10.6 Å². The van der Waals surface area contributed by atoms with Crippen LogP contribution in [0.3, 0.4) is 0 Å². The molecule has 0 spiro atoms. The van der Waals surface area contributed by atoms with Crippen molar-refractivity contribution < 1.29 is 9.90 Å². The highest BCUT2D eigenvalue weighted by Crippen LogP contribution is 2.26. The monoisotopic (exact) mass is 341 g/mol. The molecule has 0 unspecified atom stereocenters. The number of phenolic OH excluding ortho intramolecular Hbond substituents is 1. The van der Waals surface area contributed by atoms with E-state index in [1.807, 2.05) is 36.4 Å². The number of rotatable bonds is 6. The minimum Gasteiger partial charge on any atom is -0.506 e. The first-order valence-electron chi connectivity index (χ1n) is 7.27. The largest absolute Gasteiger partial charge is 0.506 e. The number of carbonyl (C=O) groups excluding carboxylic acids is 1. The van der Waals surface area contributed by atoms with Gasteiger partial charge in [-0.2, -0.15) is 5.26 Å². The molecule has 2 aromatic rings. The number of hydrogen-bond donors (Lipinski definition) is 3. The fraction of sp³-hybridized carbons (Fsp3) is 0.111. The third kappa shape index (κ3) is 5.04. The van der Waals surface area contributed by atoms with Crippen molar-refractivity contribution >= 4 is 23.2 Å². The summed E-state index contributed by atoms with van der Waals surface area (Å²) in [6, 6.07) is 16.0. The smallest absolute Gasteiger partial charge is 0.263 e. The number of phenols is 1. The molecule has 6 heteroatoms. The first-order chi connectivity index (χ1) is 11.6. The van der Waals surface area contributed by atoms with Gasteiger partial charge in [-0.25, -0.2) is 0 Å². The van der Waals surface area contributed by atoms with Crippen LogP contribution in [0.1, 0.15) is 5.56 Å². The average Bonchev–Trinajstić information content (AvgIpc) is 2.59. The van der Waals surface area contributed by atoms with Crippen LogP contribution in [0.15, 0.2) is 60.3 Å². The molecular weight excluding hydrogens is 326 g/mol. The van der Waals surface area contributed by atoms with Gasteiger partial charge >= 0.3 is 0 Å². The van der Waals surface area contributed by atoms with E-state index in [9.17, 15) is 9.90 Å². The molecule has 2 aromatic carbocycles. The van der Waals surface area contributed by atoms with Gasteiger partial charge in [0.15, 0.2) is 0 Å². The second-order valence-corrected chi connectivity index (χ2v) is 5.40. The Hall–Kier alpha value is -2.97. The minimum atomic E-state index is -0.484. The van der Waals surface area contributed by atoms with Crippen LogP contribution in [0, 0.1) is 11.3 Å². The number of nitrogens with zero attached hydrogens (tertiary/aromatic N) is 1. The van der Waals surface area contributed by atoms with Crippen LogP contribution in [-0.4, -0.2) is 17.6 Å². The molecule has 3 N–H and O–H groups in total. The highest BCUT2D eigenvalue weighted by atomic mass is 35.5. The Labute approximate surface area is 145 Å². The van der Waals surface area contributed by atoms with Gasteiger partial charge in [0.1, 0.15) is 17.4 Å². The van der Waals surface area contributed by atoms with E-state index < -0.39 is 5.91 Å². The Bertz CT molecular complexity index is 783. The highest BCUT2D eigenvalue weighted by Gasteiger charge is 2.09. The molecule has 2 rings (SSSR count). The topological polar surface area (TPSA) is 85.2 Å². The van der Waals surface area contributed by atoms with E-state index in [-0.39, 0.29) is 11.3 Å². The molecule has 122 valence electrons. The zero-order valence-corrected chi connectivity index (χ0v) is 13.5. The van der Waals surface area contributed by atoms with Crippen molar-refractivity contribution in [3.05, 3.63) is 70.9 Å². The Morgan fingerprint density at radius 3 is 2.71 bits per heavy atom. The van der Waals surface area contributed by atoms with Gasteiger partial charge in [-0.3, -0.25) is 4.79 Å². The number of nitrogens with one attached hydrogen (secondary N) is 2. The molecule has 0 saturated carbocycles. The second kappa shape index (κ2) is 8.61. The summed E-state index contributed by atoms with van der Waals surface area (Å²) in [5.74, 6) is -0.514. The van der Waals surface area contributed by atoms with Gasteiger partial charge < -0.3 is 15.7 Å². The fourth-order valence-electron chi connectivity index (χ4n) is 1.98. The summed E-state index contributed by atoms with van der Waals surface area (Å²) < 4.78 is 0. The third-order valence-corrected chi connectivity index (χ3v) is 3.47. The Kier molecular flexibility index (Phi) is 6.23. The lowest BCUT2D eigenvalue weighted by Crippen LogP contribution is -2.27. The van der Waals surface area contributed by atoms with Crippen LogP contribution >= 0.6 is 11.6 Å². The lowest BCUT2D eigenvalue weighted by Gasteiger charge is -2.07. The molecular formula is C18H16ClN3O2. The summed E-state index contributed by atoms with van der Waals surface area (Å²) in [6.45, 7) is 0.421. The maximum atomic E-state index is 12.0. The summed E-state index contributed by atoms with van der Waals surface area (Å²) in [7, 11) is 0. The van der Waals surface area contributed by atoms with Crippen molar-refractivity contribution in [1.82, 2.24) is 5.32 Å². The lowest BCUT2D eigenvalue weighted by atomic mass is 10.1. The quantitative estimate of drug-likeness (QED) is 0.428. The third-order valence-electron chi connectivity index (χ3n) is 3.24. The van der Waals surface area contributed by atoms with Gasteiger partial charge in [-0.05, 0) is 30.2 Å². The molecule has 24 heavy (non-hydrogen) atoms. The molecule has 0 fully saturated rings. The number of carbonyl (C=O) groups is 1. The van der Waals surface area contributed by atoms with Crippen LogP contribution < -0.4 is 10.6 Å². The van der Waals surface area contributed by atoms with Crippen molar-refractivity contribution in [1.29, 1.82) is 5.26 Å². The number of aromatic hydroxyl groups is 1. The molecule has 0 atom stereocenters. The van der Waals surface area contributed by atoms with Gasteiger partial charge in [0.2, 0.25) is 0 Å². The van der Waals surface area contributed by atoms with E-state index in [0.717, 1.165) is 5.56 Å². The molecule has 0 aromatic heterocycles. The summed E-state index contributed by atoms with van der Waals surface area (Å²) >= 11 is 5.84. The van der Waals surface area contributed by atoms with Crippen LogP contribution in [0.2, 0.25) is 5.02 Å². The van der Waals surface area contributed by atoms with Crippen molar-refractivity contribution in [2.45, 2.75) is 6.42 Å². The maximum Gasteiger partial charge on any atom is 0.263 e. The van der Waals surface area contributed by atoms with Gasteiger partial charge in [0.05, 0.1) is 5.69 Å². The summed E-state index contributed by atoms with van der Waals surface area (Å²) in [5.41, 5.74) is 1.32. The predicted molar refractivity (Wildman–Crippen MR) is 93.6 cm³/mol. The Morgan fingerprint density at radius 2 is 2.00 bits per heavy atom. The number of amides is 1. The van der Waals surface area contributed by atoms with Crippen molar-refractivity contribution in [2.75, 3.05) is 11.9 Å². The maximum absolute atomic E-state index is 12.0. The predicted octanol–water partition coefficient (Wildman–Crippen LogP) is 3.22. The normalized spacial score (nSPS) is 10.8. The zero-order valence-electron chi connectivity index (χ0n) is 12.8. The minimum absolute atomic E-state index is 0.0302. The van der Waals surface area contributed by atoms with Crippen LogP contribution in [0.25, 0.3) is 0 Å². The summed E-state index contributed by atoms with van der Waals surface area (Å²) in [5, 5.41) is 24.6. The summed E-state index contributed by atoms with van der Waals surface area (Å²) in [4.78, 5) is 12.0. The molecule has 0 saturated heterocycles. The molecule has 0 radical (unpaired) electrons. The first-order valence-corrected chi connectivity index (χ1v) is 7.65. The fourth-order valence-corrected chi connectivity index (χ4v) is 2.15. The van der Waals surface area contributed by atoms with Crippen molar-refractivity contribution in [3.8, 4) is 11.8 Å². The molecule has 0 aliphatic heterocycles. The van der Waals surface area contributed by atoms with Crippen LogP contribution in [-0.2, 0) is 11.2 Å². The number of halogens is 1. The summed E-state index contributed by atoms with van der Waals surface area (Å²) in [6.07, 6.45) is 1.91. The van der Waals surface area contributed by atoms with Crippen LogP contribution in [0.5, 0.6) is 5.75 Å².